The average Bonchev–Trinajstić information content (AvgIpc) is 3.05. The van der Waals surface area contributed by atoms with Gasteiger partial charge in [-0.2, -0.15) is 22.0 Å². The number of aryl methyl sites for hydroxylation is 1. The molecule has 2 aromatic carbocycles. The van der Waals surface area contributed by atoms with E-state index in [-0.39, 0.29) is 12.4 Å². The summed E-state index contributed by atoms with van der Waals surface area (Å²) in [4.78, 5) is 0. The SMILES string of the molecule is Cc1oc(-c2ccc(C(F)(F)F)cc2)cc1COc1cccc(CSC(C)(F)F)c1. The van der Waals surface area contributed by atoms with Gasteiger partial charge in [0, 0.05) is 23.8 Å². The molecule has 0 bridgehead atoms. The Labute approximate surface area is 175 Å². The van der Waals surface area contributed by atoms with Crippen LogP contribution in [0.5, 0.6) is 5.75 Å². The van der Waals surface area contributed by atoms with E-state index < -0.39 is 17.0 Å². The maximum atomic E-state index is 13.0. The topological polar surface area (TPSA) is 22.4 Å². The molecule has 3 aromatic rings. The molecule has 0 aliphatic carbocycles. The number of hydrogen-bond donors (Lipinski definition) is 0. The van der Waals surface area contributed by atoms with Gasteiger partial charge in [-0.25, -0.2) is 0 Å². The zero-order chi connectivity index (χ0) is 21.9. The highest BCUT2D eigenvalue weighted by Crippen LogP contribution is 2.33. The maximum absolute atomic E-state index is 13.0. The molecule has 0 fully saturated rings. The van der Waals surface area contributed by atoms with E-state index in [0.717, 1.165) is 24.6 Å². The van der Waals surface area contributed by atoms with Crippen molar-refractivity contribution in [1.29, 1.82) is 0 Å². The summed E-state index contributed by atoms with van der Waals surface area (Å²) in [6.07, 6.45) is -4.39. The molecule has 0 saturated heterocycles. The fourth-order valence-electron chi connectivity index (χ4n) is 2.73. The van der Waals surface area contributed by atoms with Crippen LogP contribution in [-0.2, 0) is 18.5 Å². The van der Waals surface area contributed by atoms with Crippen LogP contribution in [0.1, 0.15) is 29.4 Å². The summed E-state index contributed by atoms with van der Waals surface area (Å²) in [5, 5.41) is -2.81. The van der Waals surface area contributed by atoms with Gasteiger partial charge in [0.1, 0.15) is 23.9 Å². The van der Waals surface area contributed by atoms with Gasteiger partial charge in [-0.3, -0.25) is 0 Å². The van der Waals surface area contributed by atoms with Gasteiger partial charge in [-0.05, 0) is 42.8 Å². The fraction of sp³-hybridized carbons (Fsp3) is 0.273. The van der Waals surface area contributed by atoms with Crippen molar-refractivity contribution in [2.24, 2.45) is 0 Å². The van der Waals surface area contributed by atoms with Crippen LogP contribution in [0.2, 0.25) is 0 Å². The van der Waals surface area contributed by atoms with E-state index >= 15 is 0 Å². The quantitative estimate of drug-likeness (QED) is 0.350. The minimum atomic E-state index is -4.39. The lowest BCUT2D eigenvalue weighted by atomic mass is 10.1. The molecule has 0 radical (unpaired) electrons. The van der Waals surface area contributed by atoms with Crippen molar-refractivity contribution < 1.29 is 31.1 Å². The van der Waals surface area contributed by atoms with Gasteiger partial charge < -0.3 is 9.15 Å². The van der Waals surface area contributed by atoms with E-state index in [9.17, 15) is 22.0 Å². The highest BCUT2D eigenvalue weighted by Gasteiger charge is 2.30. The Morgan fingerprint density at radius 2 is 1.67 bits per heavy atom. The van der Waals surface area contributed by atoms with Crippen LogP contribution in [0.3, 0.4) is 0 Å². The fourth-order valence-corrected chi connectivity index (χ4v) is 3.32. The molecular formula is C22H19F5O2S. The Morgan fingerprint density at radius 1 is 0.967 bits per heavy atom. The molecule has 160 valence electrons. The van der Waals surface area contributed by atoms with Gasteiger partial charge in [0.25, 0.3) is 5.25 Å². The molecule has 0 unspecified atom stereocenters. The first-order valence-corrected chi connectivity index (χ1v) is 10.0. The highest BCUT2D eigenvalue weighted by atomic mass is 32.2. The van der Waals surface area contributed by atoms with Crippen LogP contribution in [0.25, 0.3) is 11.3 Å². The Balaban J connectivity index is 1.67. The number of hydrogen-bond acceptors (Lipinski definition) is 3. The van der Waals surface area contributed by atoms with Crippen molar-refractivity contribution in [2.75, 3.05) is 0 Å². The van der Waals surface area contributed by atoms with Crippen molar-refractivity contribution in [3.63, 3.8) is 0 Å². The molecule has 0 amide bonds. The summed E-state index contributed by atoms with van der Waals surface area (Å²) in [5.74, 6) is 1.71. The predicted molar refractivity (Wildman–Crippen MR) is 107 cm³/mol. The minimum Gasteiger partial charge on any atom is -0.489 e. The molecule has 0 aliphatic heterocycles. The van der Waals surface area contributed by atoms with Crippen LogP contribution >= 0.6 is 11.8 Å². The zero-order valence-corrected chi connectivity index (χ0v) is 17.0. The molecule has 0 spiro atoms. The molecule has 1 aromatic heterocycles. The van der Waals surface area contributed by atoms with Gasteiger partial charge in [-0.15, -0.1) is 0 Å². The first kappa shape index (κ1) is 22.2. The third kappa shape index (κ3) is 6.01. The summed E-state index contributed by atoms with van der Waals surface area (Å²) < 4.78 is 75.6. The van der Waals surface area contributed by atoms with Crippen molar-refractivity contribution >= 4 is 11.8 Å². The molecule has 0 atom stereocenters. The summed E-state index contributed by atoms with van der Waals surface area (Å²) in [5.41, 5.74) is 1.26. The summed E-state index contributed by atoms with van der Waals surface area (Å²) in [7, 11) is 0. The third-order valence-corrected chi connectivity index (χ3v) is 5.29. The van der Waals surface area contributed by atoms with Gasteiger partial charge in [0.15, 0.2) is 0 Å². The Bertz CT molecular complexity index is 988. The number of rotatable bonds is 7. The standard InChI is InChI=1S/C22H19F5O2S/c1-14-17(11-20(29-14)16-6-8-18(9-7-16)22(25,26)27)12-28-19-5-3-4-15(10-19)13-30-21(2,23)24/h3-11H,12-13H2,1-2H3. The second-order valence-corrected chi connectivity index (χ2v) is 8.09. The molecule has 0 aliphatic rings. The summed E-state index contributed by atoms with van der Waals surface area (Å²) >= 11 is 0.541. The molecule has 8 heteroatoms. The maximum Gasteiger partial charge on any atom is 0.416 e. The molecule has 0 N–H and O–H groups in total. The zero-order valence-electron chi connectivity index (χ0n) is 16.2. The van der Waals surface area contributed by atoms with Crippen LogP contribution in [-0.4, -0.2) is 5.25 Å². The minimum absolute atomic E-state index is 0.156. The summed E-state index contributed by atoms with van der Waals surface area (Å²) in [6.45, 7) is 2.77. The normalized spacial score (nSPS) is 12.2. The molecule has 30 heavy (non-hydrogen) atoms. The lowest BCUT2D eigenvalue weighted by Gasteiger charge is -2.10. The van der Waals surface area contributed by atoms with Crippen molar-refractivity contribution in [2.45, 2.75) is 37.6 Å². The number of halogens is 5. The molecule has 1 heterocycles. The Kier molecular flexibility index (Phi) is 6.45. The number of benzene rings is 2. The van der Waals surface area contributed by atoms with Crippen molar-refractivity contribution in [3.05, 3.63) is 77.0 Å². The molecular weight excluding hydrogens is 423 g/mol. The smallest absolute Gasteiger partial charge is 0.416 e. The second-order valence-electron chi connectivity index (χ2n) is 6.80. The first-order valence-electron chi connectivity index (χ1n) is 9.02. The van der Waals surface area contributed by atoms with Gasteiger partial charge >= 0.3 is 6.18 Å². The van der Waals surface area contributed by atoms with Crippen LogP contribution in [0.15, 0.2) is 59.0 Å². The van der Waals surface area contributed by atoms with Gasteiger partial charge in [0.2, 0.25) is 0 Å². The first-order chi connectivity index (χ1) is 14.0. The number of ether oxygens (including phenoxy) is 1. The third-order valence-electron chi connectivity index (χ3n) is 4.30. The van der Waals surface area contributed by atoms with E-state index in [1.165, 1.54) is 12.1 Å². The summed E-state index contributed by atoms with van der Waals surface area (Å²) in [6, 6.07) is 13.4. The van der Waals surface area contributed by atoms with Crippen LogP contribution in [0, 0.1) is 6.92 Å². The largest absolute Gasteiger partial charge is 0.489 e. The van der Waals surface area contributed by atoms with Crippen molar-refractivity contribution in [1.82, 2.24) is 0 Å². The Hall–Kier alpha value is -2.48. The van der Waals surface area contributed by atoms with E-state index in [1.54, 1.807) is 37.3 Å². The Morgan fingerprint density at radius 3 is 2.30 bits per heavy atom. The van der Waals surface area contributed by atoms with Crippen molar-refractivity contribution in [3.8, 4) is 17.1 Å². The van der Waals surface area contributed by atoms with E-state index in [4.69, 9.17) is 9.15 Å². The molecule has 2 nitrogen and oxygen atoms in total. The van der Waals surface area contributed by atoms with E-state index in [1.807, 2.05) is 0 Å². The van der Waals surface area contributed by atoms with Gasteiger partial charge in [0.05, 0.1) is 5.56 Å². The lowest BCUT2D eigenvalue weighted by Crippen LogP contribution is -2.03. The number of furan rings is 1. The second kappa shape index (κ2) is 8.71. The van der Waals surface area contributed by atoms with Crippen LogP contribution < -0.4 is 4.74 Å². The number of alkyl halides is 5. The highest BCUT2D eigenvalue weighted by molar-refractivity contribution is 7.99. The average molecular weight is 442 g/mol. The van der Waals surface area contributed by atoms with E-state index in [2.05, 4.69) is 0 Å². The monoisotopic (exact) mass is 442 g/mol. The molecule has 0 saturated carbocycles. The van der Waals surface area contributed by atoms with E-state index in [0.29, 0.717) is 40.2 Å². The van der Waals surface area contributed by atoms with Gasteiger partial charge in [-0.1, -0.05) is 36.0 Å². The number of thioether (sulfide) groups is 1. The van der Waals surface area contributed by atoms with Crippen LogP contribution in [0.4, 0.5) is 22.0 Å². The lowest BCUT2D eigenvalue weighted by molar-refractivity contribution is -0.137. The predicted octanol–water partition coefficient (Wildman–Crippen LogP) is 7.70. The molecule has 3 rings (SSSR count).